The number of aryl methyl sites for hydroxylation is 1. The lowest BCUT2D eigenvalue weighted by atomic mass is 10.2. The van der Waals surface area contributed by atoms with Gasteiger partial charge in [-0.05, 0) is 48.9 Å². The molecule has 4 nitrogen and oxygen atoms in total. The van der Waals surface area contributed by atoms with E-state index < -0.39 is 0 Å². The maximum absolute atomic E-state index is 6.06. The highest BCUT2D eigenvalue weighted by Gasteiger charge is 2.15. The van der Waals surface area contributed by atoms with Crippen molar-refractivity contribution in [2.24, 2.45) is 0 Å². The summed E-state index contributed by atoms with van der Waals surface area (Å²) in [6.07, 6.45) is 0. The summed E-state index contributed by atoms with van der Waals surface area (Å²) in [5, 5.41) is 10.5. The molecule has 1 aromatic heterocycles. The standard InChI is InChI=1S/C24H22ClN3OS/c1-18-7-13-22(14-8-18)29-15-16-30-24-27-26-23(20-9-11-21(25)12-10-20)28(24)17-19-5-3-2-4-6-19/h2-14H,15-17H2,1H3. The van der Waals surface area contributed by atoms with E-state index in [2.05, 4.69) is 46.0 Å². The summed E-state index contributed by atoms with van der Waals surface area (Å²) in [4.78, 5) is 0. The summed E-state index contributed by atoms with van der Waals surface area (Å²) in [5.41, 5.74) is 3.41. The first kappa shape index (κ1) is 20.5. The van der Waals surface area contributed by atoms with Gasteiger partial charge in [0.2, 0.25) is 0 Å². The molecular formula is C24H22ClN3OS. The lowest BCUT2D eigenvalue weighted by Gasteiger charge is -2.11. The Labute approximate surface area is 185 Å². The largest absolute Gasteiger partial charge is 0.493 e. The Bertz CT molecular complexity index is 1080. The number of halogens is 1. The molecule has 0 bridgehead atoms. The second-order valence-corrected chi connectivity index (χ2v) is 8.39. The van der Waals surface area contributed by atoms with Crippen molar-refractivity contribution in [3.8, 4) is 17.1 Å². The molecule has 0 atom stereocenters. The van der Waals surface area contributed by atoms with Gasteiger partial charge in [0.15, 0.2) is 11.0 Å². The number of rotatable bonds is 8. The molecule has 6 heteroatoms. The number of ether oxygens (including phenoxy) is 1. The van der Waals surface area contributed by atoms with E-state index in [-0.39, 0.29) is 0 Å². The van der Waals surface area contributed by atoms with Crippen LogP contribution in [0.3, 0.4) is 0 Å². The van der Waals surface area contributed by atoms with E-state index in [0.29, 0.717) is 18.2 Å². The van der Waals surface area contributed by atoms with Gasteiger partial charge < -0.3 is 4.74 Å². The number of hydrogen-bond acceptors (Lipinski definition) is 4. The highest BCUT2D eigenvalue weighted by Crippen LogP contribution is 2.26. The molecule has 0 aliphatic heterocycles. The van der Waals surface area contributed by atoms with Crippen LogP contribution in [0.4, 0.5) is 0 Å². The first-order chi connectivity index (χ1) is 14.7. The molecular weight excluding hydrogens is 414 g/mol. The number of hydrogen-bond donors (Lipinski definition) is 0. The van der Waals surface area contributed by atoms with Gasteiger partial charge in [-0.1, -0.05) is 71.4 Å². The molecule has 0 radical (unpaired) electrons. The third-order valence-electron chi connectivity index (χ3n) is 4.61. The summed E-state index contributed by atoms with van der Waals surface area (Å²) in [6.45, 7) is 3.37. The van der Waals surface area contributed by atoms with E-state index in [1.165, 1.54) is 11.1 Å². The quantitative estimate of drug-likeness (QED) is 0.246. The van der Waals surface area contributed by atoms with Crippen molar-refractivity contribution in [2.75, 3.05) is 12.4 Å². The van der Waals surface area contributed by atoms with Gasteiger partial charge in [-0.2, -0.15) is 0 Å². The number of benzene rings is 3. The predicted octanol–water partition coefficient (Wildman–Crippen LogP) is 6.13. The highest BCUT2D eigenvalue weighted by atomic mass is 35.5. The van der Waals surface area contributed by atoms with Crippen molar-refractivity contribution in [1.29, 1.82) is 0 Å². The van der Waals surface area contributed by atoms with Gasteiger partial charge in [0, 0.05) is 16.3 Å². The molecule has 0 amide bonds. The summed E-state index contributed by atoms with van der Waals surface area (Å²) < 4.78 is 8.00. The molecule has 152 valence electrons. The summed E-state index contributed by atoms with van der Waals surface area (Å²) >= 11 is 7.70. The fourth-order valence-corrected chi connectivity index (χ4v) is 3.92. The molecule has 0 saturated heterocycles. The molecule has 3 aromatic carbocycles. The zero-order valence-corrected chi connectivity index (χ0v) is 18.2. The molecule has 30 heavy (non-hydrogen) atoms. The van der Waals surface area contributed by atoms with E-state index in [0.717, 1.165) is 28.0 Å². The highest BCUT2D eigenvalue weighted by molar-refractivity contribution is 7.99. The van der Waals surface area contributed by atoms with E-state index in [1.54, 1.807) is 11.8 Å². The predicted molar refractivity (Wildman–Crippen MR) is 123 cm³/mol. The Morgan fingerprint density at radius 2 is 1.63 bits per heavy atom. The molecule has 0 fully saturated rings. The Balaban J connectivity index is 1.50. The summed E-state index contributed by atoms with van der Waals surface area (Å²) in [6, 6.07) is 26.1. The first-order valence-corrected chi connectivity index (χ1v) is 11.1. The summed E-state index contributed by atoms with van der Waals surface area (Å²) in [5.74, 6) is 2.49. The van der Waals surface area contributed by atoms with Gasteiger partial charge in [-0.25, -0.2) is 0 Å². The smallest absolute Gasteiger partial charge is 0.191 e. The second-order valence-electron chi connectivity index (χ2n) is 6.89. The van der Waals surface area contributed by atoms with Crippen LogP contribution in [-0.2, 0) is 6.54 Å². The third-order valence-corrected chi connectivity index (χ3v) is 5.79. The van der Waals surface area contributed by atoms with Crippen LogP contribution in [0.5, 0.6) is 5.75 Å². The van der Waals surface area contributed by atoms with Crippen LogP contribution in [0.2, 0.25) is 5.02 Å². The minimum atomic E-state index is 0.599. The van der Waals surface area contributed by atoms with Crippen molar-refractivity contribution < 1.29 is 4.74 Å². The molecule has 4 aromatic rings. The molecule has 0 saturated carbocycles. The van der Waals surface area contributed by atoms with E-state index >= 15 is 0 Å². The summed E-state index contributed by atoms with van der Waals surface area (Å²) in [7, 11) is 0. The van der Waals surface area contributed by atoms with E-state index in [1.807, 2.05) is 54.6 Å². The third kappa shape index (κ3) is 5.23. The van der Waals surface area contributed by atoms with E-state index in [4.69, 9.17) is 16.3 Å². The van der Waals surface area contributed by atoms with Gasteiger partial charge in [0.05, 0.1) is 13.2 Å². The van der Waals surface area contributed by atoms with Crippen LogP contribution >= 0.6 is 23.4 Å². The average Bonchev–Trinajstić information content (AvgIpc) is 3.16. The van der Waals surface area contributed by atoms with Crippen LogP contribution in [0.25, 0.3) is 11.4 Å². The van der Waals surface area contributed by atoms with Crippen LogP contribution in [0.15, 0.2) is 84.0 Å². The van der Waals surface area contributed by atoms with Gasteiger partial charge in [-0.15, -0.1) is 10.2 Å². The zero-order valence-electron chi connectivity index (χ0n) is 16.7. The fraction of sp³-hybridized carbons (Fsp3) is 0.167. The second kappa shape index (κ2) is 9.83. The Morgan fingerprint density at radius 1 is 0.900 bits per heavy atom. The van der Waals surface area contributed by atoms with Crippen molar-refractivity contribution in [3.05, 3.63) is 95.0 Å². The van der Waals surface area contributed by atoms with Gasteiger partial charge >= 0.3 is 0 Å². The Morgan fingerprint density at radius 3 is 2.37 bits per heavy atom. The average molecular weight is 436 g/mol. The minimum Gasteiger partial charge on any atom is -0.493 e. The lowest BCUT2D eigenvalue weighted by Crippen LogP contribution is -2.06. The normalized spacial score (nSPS) is 10.9. The Kier molecular flexibility index (Phi) is 6.72. The maximum Gasteiger partial charge on any atom is 0.191 e. The number of nitrogens with zero attached hydrogens (tertiary/aromatic N) is 3. The topological polar surface area (TPSA) is 39.9 Å². The van der Waals surface area contributed by atoms with Crippen molar-refractivity contribution >= 4 is 23.4 Å². The SMILES string of the molecule is Cc1ccc(OCCSc2nnc(-c3ccc(Cl)cc3)n2Cc2ccccc2)cc1. The van der Waals surface area contributed by atoms with Crippen molar-refractivity contribution in [2.45, 2.75) is 18.6 Å². The van der Waals surface area contributed by atoms with Crippen LogP contribution in [-0.4, -0.2) is 27.1 Å². The van der Waals surface area contributed by atoms with Gasteiger partial charge in [-0.3, -0.25) is 4.57 Å². The van der Waals surface area contributed by atoms with E-state index in [9.17, 15) is 0 Å². The lowest BCUT2D eigenvalue weighted by molar-refractivity contribution is 0.343. The number of aromatic nitrogens is 3. The van der Waals surface area contributed by atoms with Crippen molar-refractivity contribution in [3.63, 3.8) is 0 Å². The minimum absolute atomic E-state index is 0.599. The first-order valence-electron chi connectivity index (χ1n) is 9.74. The van der Waals surface area contributed by atoms with Crippen molar-refractivity contribution in [1.82, 2.24) is 14.8 Å². The monoisotopic (exact) mass is 435 g/mol. The van der Waals surface area contributed by atoms with Crippen LogP contribution in [0, 0.1) is 6.92 Å². The fourth-order valence-electron chi connectivity index (χ4n) is 3.04. The van der Waals surface area contributed by atoms with Crippen LogP contribution in [0.1, 0.15) is 11.1 Å². The Hall–Kier alpha value is -2.76. The molecule has 0 spiro atoms. The maximum atomic E-state index is 6.06. The number of thioether (sulfide) groups is 1. The van der Waals surface area contributed by atoms with Crippen LogP contribution < -0.4 is 4.74 Å². The molecule has 0 aliphatic carbocycles. The molecule has 0 unspecified atom stereocenters. The molecule has 1 heterocycles. The zero-order chi connectivity index (χ0) is 20.8. The van der Waals surface area contributed by atoms with Gasteiger partial charge in [0.25, 0.3) is 0 Å². The van der Waals surface area contributed by atoms with Gasteiger partial charge in [0.1, 0.15) is 5.75 Å². The molecule has 0 N–H and O–H groups in total. The molecule has 0 aliphatic rings. The molecule has 4 rings (SSSR count).